The predicted molar refractivity (Wildman–Crippen MR) is 78.1 cm³/mol. The monoisotopic (exact) mass is 326 g/mol. The molecule has 1 aliphatic heterocycles. The molecule has 1 atom stereocenters. The van der Waals surface area contributed by atoms with Crippen LogP contribution in [0.5, 0.6) is 5.75 Å². The molecule has 0 spiro atoms. The Labute approximate surface area is 121 Å². The molecule has 0 aliphatic carbocycles. The first-order valence-corrected chi connectivity index (χ1v) is 7.38. The van der Waals surface area contributed by atoms with Gasteiger partial charge in [0.15, 0.2) is 0 Å². The van der Waals surface area contributed by atoms with E-state index in [1.165, 1.54) is 5.56 Å². The van der Waals surface area contributed by atoms with Crippen molar-refractivity contribution in [1.29, 1.82) is 0 Å². The standard InChI is InChI=1S/C14H19BrN2O2/c1-2-3-12(16)14(18)17-8-10-7-11(15)6-9-4-5-19-13(9)10/h6-7,12H,2-5,8,16H2,1H3,(H,17,18)/t12-/m1/s1. The quantitative estimate of drug-likeness (QED) is 0.871. The van der Waals surface area contributed by atoms with E-state index < -0.39 is 6.04 Å². The zero-order valence-corrected chi connectivity index (χ0v) is 12.6. The summed E-state index contributed by atoms with van der Waals surface area (Å²) in [4.78, 5) is 11.8. The average Bonchev–Trinajstić information content (AvgIpc) is 2.83. The van der Waals surface area contributed by atoms with Gasteiger partial charge >= 0.3 is 0 Å². The van der Waals surface area contributed by atoms with Gasteiger partial charge in [0.2, 0.25) is 5.91 Å². The third-order valence-corrected chi connectivity index (χ3v) is 3.67. The molecule has 0 bridgehead atoms. The van der Waals surface area contributed by atoms with Crippen LogP contribution in [0.4, 0.5) is 0 Å². The van der Waals surface area contributed by atoms with E-state index in [1.807, 2.05) is 13.0 Å². The van der Waals surface area contributed by atoms with Gasteiger partial charge in [-0.2, -0.15) is 0 Å². The van der Waals surface area contributed by atoms with Crippen molar-refractivity contribution in [2.24, 2.45) is 5.73 Å². The van der Waals surface area contributed by atoms with Crippen LogP contribution in [-0.2, 0) is 17.8 Å². The number of rotatable bonds is 5. The maximum Gasteiger partial charge on any atom is 0.237 e. The van der Waals surface area contributed by atoms with Crippen LogP contribution >= 0.6 is 15.9 Å². The molecule has 19 heavy (non-hydrogen) atoms. The normalized spacial score (nSPS) is 14.7. The number of hydrogen-bond donors (Lipinski definition) is 2. The highest BCUT2D eigenvalue weighted by Gasteiger charge is 2.18. The minimum Gasteiger partial charge on any atom is -0.493 e. The summed E-state index contributed by atoms with van der Waals surface area (Å²) in [7, 11) is 0. The molecular formula is C14H19BrN2O2. The molecule has 1 aromatic rings. The first-order chi connectivity index (χ1) is 9.11. The van der Waals surface area contributed by atoms with Gasteiger partial charge in [-0.3, -0.25) is 4.79 Å². The summed E-state index contributed by atoms with van der Waals surface area (Å²) in [5, 5.41) is 2.88. The third-order valence-electron chi connectivity index (χ3n) is 3.21. The molecule has 0 saturated carbocycles. The van der Waals surface area contributed by atoms with Crippen LogP contribution in [-0.4, -0.2) is 18.6 Å². The maximum atomic E-state index is 11.8. The van der Waals surface area contributed by atoms with Crippen LogP contribution in [0.1, 0.15) is 30.9 Å². The van der Waals surface area contributed by atoms with Crippen LogP contribution in [0.25, 0.3) is 0 Å². The lowest BCUT2D eigenvalue weighted by atomic mass is 10.1. The lowest BCUT2D eigenvalue weighted by molar-refractivity contribution is -0.122. The fourth-order valence-electron chi connectivity index (χ4n) is 2.23. The molecule has 0 radical (unpaired) electrons. The predicted octanol–water partition coefficient (Wildman–Crippen LogP) is 2.13. The highest BCUT2D eigenvalue weighted by Crippen LogP contribution is 2.32. The number of fused-ring (bicyclic) bond motifs is 1. The lowest BCUT2D eigenvalue weighted by Gasteiger charge is -2.13. The number of hydrogen-bond acceptors (Lipinski definition) is 3. The molecule has 2 rings (SSSR count). The largest absolute Gasteiger partial charge is 0.493 e. The average molecular weight is 327 g/mol. The zero-order chi connectivity index (χ0) is 13.8. The molecule has 1 heterocycles. The highest BCUT2D eigenvalue weighted by molar-refractivity contribution is 9.10. The Morgan fingerprint density at radius 2 is 2.37 bits per heavy atom. The Bertz CT molecular complexity index is 477. The fraction of sp³-hybridized carbons (Fsp3) is 0.500. The molecule has 104 valence electrons. The molecule has 0 unspecified atom stereocenters. The molecule has 1 aliphatic rings. The number of carbonyl (C=O) groups excluding carboxylic acids is 1. The molecule has 5 heteroatoms. The number of nitrogens with two attached hydrogens (primary N) is 1. The van der Waals surface area contributed by atoms with Crippen LogP contribution in [0, 0.1) is 0 Å². The SMILES string of the molecule is CCC[C@@H](N)C(=O)NCc1cc(Br)cc2c1OCC2. The Morgan fingerprint density at radius 3 is 3.11 bits per heavy atom. The van der Waals surface area contributed by atoms with Crippen molar-refractivity contribution in [3.8, 4) is 5.75 Å². The van der Waals surface area contributed by atoms with Crippen molar-refractivity contribution >= 4 is 21.8 Å². The number of amides is 1. The van der Waals surface area contributed by atoms with Gasteiger partial charge in [-0.25, -0.2) is 0 Å². The second-order valence-corrected chi connectivity index (χ2v) is 5.68. The van der Waals surface area contributed by atoms with E-state index in [4.69, 9.17) is 10.5 Å². The number of carbonyl (C=O) groups is 1. The lowest BCUT2D eigenvalue weighted by Crippen LogP contribution is -2.40. The summed E-state index contributed by atoms with van der Waals surface area (Å²) in [6.45, 7) is 3.18. The van der Waals surface area contributed by atoms with Crippen molar-refractivity contribution in [3.05, 3.63) is 27.7 Å². The number of benzene rings is 1. The van der Waals surface area contributed by atoms with Gasteiger partial charge < -0.3 is 15.8 Å². The van der Waals surface area contributed by atoms with Crippen LogP contribution < -0.4 is 15.8 Å². The molecule has 4 nitrogen and oxygen atoms in total. The van der Waals surface area contributed by atoms with E-state index in [0.29, 0.717) is 19.6 Å². The van der Waals surface area contributed by atoms with Crippen molar-refractivity contribution in [2.75, 3.05) is 6.61 Å². The summed E-state index contributed by atoms with van der Waals surface area (Å²) in [5.74, 6) is 0.807. The third kappa shape index (κ3) is 3.48. The Hall–Kier alpha value is -1.07. The number of nitrogens with one attached hydrogen (secondary N) is 1. The molecule has 0 saturated heterocycles. The topological polar surface area (TPSA) is 64.4 Å². The molecule has 0 fully saturated rings. The molecule has 1 aromatic carbocycles. The van der Waals surface area contributed by atoms with E-state index >= 15 is 0 Å². The molecule has 3 N–H and O–H groups in total. The minimum absolute atomic E-state index is 0.103. The first-order valence-electron chi connectivity index (χ1n) is 6.59. The van der Waals surface area contributed by atoms with Gasteiger partial charge in [0, 0.05) is 23.0 Å². The van der Waals surface area contributed by atoms with Gasteiger partial charge in [-0.1, -0.05) is 29.3 Å². The van der Waals surface area contributed by atoms with E-state index in [1.54, 1.807) is 0 Å². The second kappa shape index (κ2) is 6.39. The Kier molecular flexibility index (Phi) is 4.82. The van der Waals surface area contributed by atoms with Gasteiger partial charge in [0.05, 0.1) is 12.6 Å². The molecular weight excluding hydrogens is 308 g/mol. The fourth-order valence-corrected chi connectivity index (χ4v) is 2.79. The van der Waals surface area contributed by atoms with Crippen molar-refractivity contribution in [2.45, 2.75) is 38.8 Å². The maximum absolute atomic E-state index is 11.8. The first kappa shape index (κ1) is 14.3. The van der Waals surface area contributed by atoms with Gasteiger partial charge in [0.25, 0.3) is 0 Å². The Morgan fingerprint density at radius 1 is 1.58 bits per heavy atom. The number of ether oxygens (including phenoxy) is 1. The van der Waals surface area contributed by atoms with E-state index in [0.717, 1.165) is 28.6 Å². The summed E-state index contributed by atoms with van der Waals surface area (Å²) in [5.41, 5.74) is 7.97. The van der Waals surface area contributed by atoms with E-state index in [2.05, 4.69) is 27.3 Å². The molecule has 1 amide bonds. The summed E-state index contributed by atoms with van der Waals surface area (Å²) < 4.78 is 6.63. The van der Waals surface area contributed by atoms with Gasteiger partial charge in [-0.15, -0.1) is 0 Å². The number of halogens is 1. The zero-order valence-electron chi connectivity index (χ0n) is 11.0. The summed E-state index contributed by atoms with van der Waals surface area (Å²) in [6.07, 6.45) is 2.54. The van der Waals surface area contributed by atoms with Crippen LogP contribution in [0.3, 0.4) is 0 Å². The van der Waals surface area contributed by atoms with Gasteiger partial charge in [0.1, 0.15) is 5.75 Å². The minimum atomic E-state index is -0.425. The van der Waals surface area contributed by atoms with E-state index in [9.17, 15) is 4.79 Å². The van der Waals surface area contributed by atoms with Gasteiger partial charge in [-0.05, 0) is 24.1 Å². The summed E-state index contributed by atoms with van der Waals surface area (Å²) in [6, 6.07) is 3.62. The highest BCUT2D eigenvalue weighted by atomic mass is 79.9. The molecule has 0 aromatic heterocycles. The van der Waals surface area contributed by atoms with Crippen molar-refractivity contribution < 1.29 is 9.53 Å². The Balaban J connectivity index is 2.02. The smallest absolute Gasteiger partial charge is 0.237 e. The van der Waals surface area contributed by atoms with E-state index in [-0.39, 0.29) is 5.91 Å². The van der Waals surface area contributed by atoms with Crippen LogP contribution in [0.2, 0.25) is 0 Å². The van der Waals surface area contributed by atoms with Crippen LogP contribution in [0.15, 0.2) is 16.6 Å². The summed E-state index contributed by atoms with van der Waals surface area (Å²) >= 11 is 3.48. The van der Waals surface area contributed by atoms with Crippen molar-refractivity contribution in [1.82, 2.24) is 5.32 Å². The van der Waals surface area contributed by atoms with Crippen molar-refractivity contribution in [3.63, 3.8) is 0 Å². The second-order valence-electron chi connectivity index (χ2n) is 4.76.